The number of carbonyl (C=O) groups excluding carboxylic acids is 1. The smallest absolute Gasteiger partial charge is 0.238 e. The van der Waals surface area contributed by atoms with Gasteiger partial charge in [0.1, 0.15) is 6.04 Å². The first-order valence-electron chi connectivity index (χ1n) is 5.33. The number of amides is 1. The molecule has 17 heavy (non-hydrogen) atoms. The number of benzene rings is 1. The Morgan fingerprint density at radius 1 is 1.59 bits per heavy atom. The van der Waals surface area contributed by atoms with Gasteiger partial charge in [-0.1, -0.05) is 0 Å². The molecule has 1 unspecified atom stereocenters. The van der Waals surface area contributed by atoms with Crippen LogP contribution in [0.5, 0.6) is 0 Å². The highest BCUT2D eigenvalue weighted by Crippen LogP contribution is 2.37. The van der Waals surface area contributed by atoms with Crippen LogP contribution in [0.1, 0.15) is 6.92 Å². The maximum absolute atomic E-state index is 11.9. The number of anilines is 2. The van der Waals surface area contributed by atoms with E-state index in [0.717, 1.165) is 16.3 Å². The topological polar surface area (TPSA) is 56.1 Å². The Morgan fingerprint density at radius 3 is 3.00 bits per heavy atom. The Bertz CT molecular complexity index is 495. The van der Waals surface area contributed by atoms with Crippen LogP contribution in [0.15, 0.2) is 23.1 Å². The van der Waals surface area contributed by atoms with Gasteiger partial charge in [-0.2, -0.15) is 5.26 Å². The van der Waals surface area contributed by atoms with Crippen LogP contribution in [0.3, 0.4) is 0 Å². The standard InChI is InChI=1S/C12H13N3OS/c1-8(6-13)15-10-5-9(14-2)3-4-11(10)17-7-12(15)16/h3-5,8,14H,7H2,1-2H3. The van der Waals surface area contributed by atoms with Crippen LogP contribution in [0.25, 0.3) is 0 Å². The molecule has 1 heterocycles. The van der Waals surface area contributed by atoms with Crippen molar-refractivity contribution in [3.63, 3.8) is 0 Å². The lowest BCUT2D eigenvalue weighted by Crippen LogP contribution is -2.41. The highest BCUT2D eigenvalue weighted by Gasteiger charge is 2.28. The predicted molar refractivity (Wildman–Crippen MR) is 69.3 cm³/mol. The molecule has 2 rings (SSSR count). The average Bonchev–Trinajstić information content (AvgIpc) is 2.37. The molecule has 1 aromatic carbocycles. The molecule has 0 radical (unpaired) electrons. The fraction of sp³-hybridized carbons (Fsp3) is 0.333. The fourth-order valence-corrected chi connectivity index (χ4v) is 2.70. The third kappa shape index (κ3) is 2.08. The van der Waals surface area contributed by atoms with Crippen LogP contribution >= 0.6 is 11.8 Å². The molecule has 0 bridgehead atoms. The third-order valence-electron chi connectivity index (χ3n) is 2.70. The number of rotatable bonds is 2. The summed E-state index contributed by atoms with van der Waals surface area (Å²) in [7, 11) is 1.83. The molecular weight excluding hydrogens is 234 g/mol. The quantitative estimate of drug-likeness (QED) is 0.869. The maximum atomic E-state index is 11.9. The molecule has 5 heteroatoms. The molecule has 0 fully saturated rings. The zero-order chi connectivity index (χ0) is 12.4. The summed E-state index contributed by atoms with van der Waals surface area (Å²) in [6.07, 6.45) is 0. The summed E-state index contributed by atoms with van der Waals surface area (Å²) in [5.41, 5.74) is 1.77. The Balaban J connectivity index is 2.49. The Labute approximate surface area is 105 Å². The number of nitrogens with zero attached hydrogens (tertiary/aromatic N) is 2. The van der Waals surface area contributed by atoms with E-state index in [9.17, 15) is 4.79 Å². The fourth-order valence-electron chi connectivity index (χ4n) is 1.81. The first-order valence-corrected chi connectivity index (χ1v) is 6.32. The van der Waals surface area contributed by atoms with Crippen molar-refractivity contribution in [1.29, 1.82) is 5.26 Å². The van der Waals surface area contributed by atoms with E-state index in [0.29, 0.717) is 5.75 Å². The molecule has 88 valence electrons. The number of hydrogen-bond acceptors (Lipinski definition) is 4. The Morgan fingerprint density at radius 2 is 2.35 bits per heavy atom. The largest absolute Gasteiger partial charge is 0.388 e. The minimum Gasteiger partial charge on any atom is -0.388 e. The van der Waals surface area contributed by atoms with Crippen LogP contribution < -0.4 is 10.2 Å². The lowest BCUT2D eigenvalue weighted by molar-refractivity contribution is -0.116. The Kier molecular flexibility index (Phi) is 3.25. The van der Waals surface area contributed by atoms with Crippen molar-refractivity contribution in [3.05, 3.63) is 18.2 Å². The molecule has 1 aliphatic rings. The minimum absolute atomic E-state index is 0.00944. The van der Waals surface area contributed by atoms with Gasteiger partial charge in [-0.05, 0) is 25.1 Å². The second-order valence-electron chi connectivity index (χ2n) is 3.79. The van der Waals surface area contributed by atoms with Crippen LogP contribution in [0.2, 0.25) is 0 Å². The summed E-state index contributed by atoms with van der Waals surface area (Å²) < 4.78 is 0. The molecule has 0 aromatic heterocycles. The zero-order valence-corrected chi connectivity index (χ0v) is 10.5. The van der Waals surface area contributed by atoms with E-state index in [2.05, 4.69) is 11.4 Å². The number of nitriles is 1. The molecule has 1 amide bonds. The molecule has 0 spiro atoms. The highest BCUT2D eigenvalue weighted by atomic mass is 32.2. The van der Waals surface area contributed by atoms with E-state index in [1.165, 1.54) is 11.8 Å². The van der Waals surface area contributed by atoms with Gasteiger partial charge < -0.3 is 5.32 Å². The number of nitrogens with one attached hydrogen (secondary N) is 1. The normalized spacial score (nSPS) is 16.1. The highest BCUT2D eigenvalue weighted by molar-refractivity contribution is 8.00. The molecule has 4 nitrogen and oxygen atoms in total. The molecule has 1 aromatic rings. The predicted octanol–water partition coefficient (Wildman–Crippen LogP) is 2.08. The summed E-state index contributed by atoms with van der Waals surface area (Å²) in [4.78, 5) is 14.5. The molecule has 1 aliphatic heterocycles. The molecule has 1 atom stereocenters. The van der Waals surface area contributed by atoms with Crippen molar-refractivity contribution in [1.82, 2.24) is 0 Å². The van der Waals surface area contributed by atoms with Gasteiger partial charge in [0.05, 0.1) is 17.5 Å². The molecular formula is C12H13N3OS. The number of carbonyl (C=O) groups is 1. The molecule has 1 N–H and O–H groups in total. The van der Waals surface area contributed by atoms with Crippen LogP contribution in [-0.4, -0.2) is 24.7 Å². The van der Waals surface area contributed by atoms with Crippen LogP contribution in [-0.2, 0) is 4.79 Å². The van der Waals surface area contributed by atoms with Gasteiger partial charge in [0.25, 0.3) is 0 Å². The molecule has 0 aliphatic carbocycles. The number of thioether (sulfide) groups is 1. The number of fused-ring (bicyclic) bond motifs is 1. The van der Waals surface area contributed by atoms with E-state index >= 15 is 0 Å². The SMILES string of the molecule is CNc1ccc2c(c1)N(C(C)C#N)C(=O)CS2. The van der Waals surface area contributed by atoms with E-state index in [4.69, 9.17) is 5.26 Å². The van der Waals surface area contributed by atoms with E-state index in [1.54, 1.807) is 11.8 Å². The van der Waals surface area contributed by atoms with Crippen LogP contribution in [0.4, 0.5) is 11.4 Å². The molecule has 0 saturated heterocycles. The second kappa shape index (κ2) is 4.68. The van der Waals surface area contributed by atoms with Crippen molar-refractivity contribution in [3.8, 4) is 6.07 Å². The molecule has 0 saturated carbocycles. The van der Waals surface area contributed by atoms with Crippen molar-refractivity contribution in [2.45, 2.75) is 17.9 Å². The van der Waals surface area contributed by atoms with E-state index in [1.807, 2.05) is 25.2 Å². The lowest BCUT2D eigenvalue weighted by atomic mass is 10.2. The summed E-state index contributed by atoms with van der Waals surface area (Å²) in [5.74, 6) is 0.391. The third-order valence-corrected chi connectivity index (χ3v) is 3.75. The van der Waals surface area contributed by atoms with Crippen molar-refractivity contribution < 1.29 is 4.79 Å². The van der Waals surface area contributed by atoms with Crippen LogP contribution in [0, 0.1) is 11.3 Å². The van der Waals surface area contributed by atoms with Gasteiger partial charge in [0.15, 0.2) is 0 Å². The average molecular weight is 247 g/mol. The van der Waals surface area contributed by atoms with Gasteiger partial charge >= 0.3 is 0 Å². The van der Waals surface area contributed by atoms with Crippen molar-refractivity contribution >= 4 is 29.0 Å². The van der Waals surface area contributed by atoms with E-state index < -0.39 is 6.04 Å². The van der Waals surface area contributed by atoms with Gasteiger partial charge in [-0.15, -0.1) is 11.8 Å². The number of hydrogen-bond donors (Lipinski definition) is 1. The van der Waals surface area contributed by atoms with Gasteiger partial charge in [0, 0.05) is 17.6 Å². The lowest BCUT2D eigenvalue weighted by Gasteiger charge is -2.31. The van der Waals surface area contributed by atoms with Gasteiger partial charge in [0.2, 0.25) is 5.91 Å². The van der Waals surface area contributed by atoms with Crippen molar-refractivity contribution in [2.75, 3.05) is 23.0 Å². The maximum Gasteiger partial charge on any atom is 0.238 e. The summed E-state index contributed by atoms with van der Waals surface area (Å²) in [6, 6.07) is 7.54. The zero-order valence-electron chi connectivity index (χ0n) is 9.73. The Hall–Kier alpha value is -1.67. The summed E-state index contributed by atoms with van der Waals surface area (Å²) >= 11 is 1.52. The van der Waals surface area contributed by atoms with Gasteiger partial charge in [-0.3, -0.25) is 9.69 Å². The minimum atomic E-state index is -0.436. The first-order chi connectivity index (χ1) is 8.17. The summed E-state index contributed by atoms with van der Waals surface area (Å²) in [5, 5.41) is 12.0. The monoisotopic (exact) mass is 247 g/mol. The van der Waals surface area contributed by atoms with E-state index in [-0.39, 0.29) is 5.91 Å². The first kappa shape index (κ1) is 11.8. The van der Waals surface area contributed by atoms with Crippen molar-refractivity contribution in [2.24, 2.45) is 0 Å². The second-order valence-corrected chi connectivity index (χ2v) is 4.81. The van der Waals surface area contributed by atoms with Gasteiger partial charge in [-0.25, -0.2) is 0 Å². The summed E-state index contributed by atoms with van der Waals surface area (Å²) in [6.45, 7) is 1.74.